The number of sulfonamides is 1. The summed E-state index contributed by atoms with van der Waals surface area (Å²) in [6.07, 6.45) is 0. The zero-order valence-corrected chi connectivity index (χ0v) is 16.6. The minimum atomic E-state index is -3.52. The van der Waals surface area contributed by atoms with Crippen LogP contribution in [0.5, 0.6) is 0 Å². The molecule has 2 heterocycles. The molecule has 0 radical (unpaired) electrons. The SMILES string of the molecule is Cc1ccc(S(=O)(=O)N2CCN(C(=O)c3cc4ccccc4s3)CC2)cc1. The largest absolute Gasteiger partial charge is 0.335 e. The first-order valence-corrected chi connectivity index (χ1v) is 11.1. The van der Waals surface area contributed by atoms with Crippen molar-refractivity contribution >= 4 is 37.4 Å². The number of benzene rings is 2. The highest BCUT2D eigenvalue weighted by atomic mass is 32.2. The van der Waals surface area contributed by atoms with Crippen LogP contribution in [0.4, 0.5) is 0 Å². The van der Waals surface area contributed by atoms with Crippen LogP contribution >= 0.6 is 11.3 Å². The Morgan fingerprint density at radius 3 is 2.30 bits per heavy atom. The molecule has 7 heteroatoms. The lowest BCUT2D eigenvalue weighted by Crippen LogP contribution is -2.50. The number of rotatable bonds is 3. The van der Waals surface area contributed by atoms with Crippen molar-refractivity contribution in [3.05, 3.63) is 65.0 Å². The van der Waals surface area contributed by atoms with Gasteiger partial charge in [0.05, 0.1) is 9.77 Å². The summed E-state index contributed by atoms with van der Waals surface area (Å²) in [5, 5.41) is 1.06. The number of thiophene rings is 1. The van der Waals surface area contributed by atoms with Crippen LogP contribution in [-0.4, -0.2) is 49.7 Å². The van der Waals surface area contributed by atoms with Gasteiger partial charge in [-0.15, -0.1) is 11.3 Å². The standard InChI is InChI=1S/C20H20N2O3S2/c1-15-6-8-17(9-7-15)27(24,25)22-12-10-21(11-13-22)20(23)19-14-16-4-2-3-5-18(16)26-19/h2-9,14H,10-13H2,1H3. The van der Waals surface area contributed by atoms with E-state index in [1.165, 1.54) is 15.6 Å². The Hall–Kier alpha value is -2.22. The summed E-state index contributed by atoms with van der Waals surface area (Å²) in [5.74, 6) is -0.0245. The Balaban J connectivity index is 1.46. The lowest BCUT2D eigenvalue weighted by molar-refractivity contribution is 0.0703. The average Bonchev–Trinajstić information content (AvgIpc) is 3.12. The first-order chi connectivity index (χ1) is 12.9. The summed E-state index contributed by atoms with van der Waals surface area (Å²) < 4.78 is 28.1. The summed E-state index contributed by atoms with van der Waals surface area (Å²) in [7, 11) is -3.52. The molecule has 0 aliphatic carbocycles. The van der Waals surface area contributed by atoms with Crippen molar-refractivity contribution in [2.45, 2.75) is 11.8 Å². The molecule has 1 saturated heterocycles. The molecule has 1 aliphatic heterocycles. The van der Waals surface area contributed by atoms with Gasteiger partial charge in [-0.2, -0.15) is 4.31 Å². The molecule has 1 aromatic heterocycles. The Morgan fingerprint density at radius 2 is 1.63 bits per heavy atom. The lowest BCUT2D eigenvalue weighted by Gasteiger charge is -2.33. The molecule has 1 aliphatic rings. The average molecular weight is 401 g/mol. The van der Waals surface area contributed by atoms with Crippen molar-refractivity contribution < 1.29 is 13.2 Å². The normalized spacial score (nSPS) is 16.0. The second kappa shape index (κ2) is 7.07. The third kappa shape index (κ3) is 3.50. The van der Waals surface area contributed by atoms with Gasteiger partial charge in [-0.1, -0.05) is 35.9 Å². The van der Waals surface area contributed by atoms with Crippen LogP contribution in [0, 0.1) is 6.92 Å². The molecule has 1 amide bonds. The van der Waals surface area contributed by atoms with Gasteiger partial charge >= 0.3 is 0 Å². The monoisotopic (exact) mass is 400 g/mol. The number of nitrogens with zero attached hydrogens (tertiary/aromatic N) is 2. The van der Waals surface area contributed by atoms with E-state index in [9.17, 15) is 13.2 Å². The minimum absolute atomic E-state index is 0.0245. The van der Waals surface area contributed by atoms with Crippen molar-refractivity contribution in [3.63, 3.8) is 0 Å². The van der Waals surface area contributed by atoms with Crippen LogP contribution in [-0.2, 0) is 10.0 Å². The second-order valence-corrected chi connectivity index (χ2v) is 9.68. The molecule has 3 aromatic rings. The van der Waals surface area contributed by atoms with E-state index in [1.54, 1.807) is 29.2 Å². The third-order valence-electron chi connectivity index (χ3n) is 4.82. The van der Waals surface area contributed by atoms with Gasteiger partial charge in [-0.05, 0) is 36.6 Å². The molecule has 5 nitrogen and oxygen atoms in total. The smallest absolute Gasteiger partial charge is 0.264 e. The summed E-state index contributed by atoms with van der Waals surface area (Å²) in [6.45, 7) is 3.35. The summed E-state index contributed by atoms with van der Waals surface area (Å²) in [6, 6.07) is 16.7. The molecule has 1 fully saturated rings. The van der Waals surface area contributed by atoms with Gasteiger partial charge < -0.3 is 4.90 Å². The maximum atomic E-state index is 12.8. The number of carbonyl (C=O) groups excluding carboxylic acids is 1. The zero-order valence-electron chi connectivity index (χ0n) is 15.0. The predicted molar refractivity (Wildman–Crippen MR) is 108 cm³/mol. The Morgan fingerprint density at radius 1 is 0.963 bits per heavy atom. The van der Waals surface area contributed by atoms with E-state index in [0.717, 1.165) is 15.6 Å². The van der Waals surface area contributed by atoms with Gasteiger partial charge in [0.2, 0.25) is 10.0 Å². The van der Waals surface area contributed by atoms with Crippen LogP contribution in [0.25, 0.3) is 10.1 Å². The predicted octanol–water partition coefficient (Wildman–Crippen LogP) is 3.36. The van der Waals surface area contributed by atoms with Crippen LogP contribution in [0.15, 0.2) is 59.5 Å². The van der Waals surface area contributed by atoms with Crippen LogP contribution in [0.1, 0.15) is 15.2 Å². The molecule has 2 aromatic carbocycles. The minimum Gasteiger partial charge on any atom is -0.335 e. The fourth-order valence-electron chi connectivity index (χ4n) is 3.23. The molecular formula is C20H20N2O3S2. The molecule has 27 heavy (non-hydrogen) atoms. The molecule has 0 N–H and O–H groups in total. The van der Waals surface area contributed by atoms with Crippen molar-refractivity contribution in [1.29, 1.82) is 0 Å². The molecule has 0 unspecified atom stereocenters. The van der Waals surface area contributed by atoms with Crippen LogP contribution in [0.2, 0.25) is 0 Å². The number of fused-ring (bicyclic) bond motifs is 1. The summed E-state index contributed by atoms with van der Waals surface area (Å²) in [4.78, 5) is 15.5. The molecule has 4 rings (SSSR count). The van der Waals surface area contributed by atoms with Crippen molar-refractivity contribution in [2.75, 3.05) is 26.2 Å². The second-order valence-electron chi connectivity index (χ2n) is 6.66. The first kappa shape index (κ1) is 18.2. The van der Waals surface area contributed by atoms with E-state index in [0.29, 0.717) is 36.0 Å². The Labute approximate surface area is 162 Å². The van der Waals surface area contributed by atoms with Crippen LogP contribution < -0.4 is 0 Å². The van der Waals surface area contributed by atoms with E-state index in [1.807, 2.05) is 37.3 Å². The third-order valence-corrected chi connectivity index (χ3v) is 7.84. The zero-order chi connectivity index (χ0) is 19.0. The van der Waals surface area contributed by atoms with E-state index < -0.39 is 10.0 Å². The van der Waals surface area contributed by atoms with Crippen molar-refractivity contribution in [3.8, 4) is 0 Å². The van der Waals surface area contributed by atoms with E-state index in [-0.39, 0.29) is 5.91 Å². The molecule has 140 valence electrons. The van der Waals surface area contributed by atoms with E-state index in [4.69, 9.17) is 0 Å². The van der Waals surface area contributed by atoms with E-state index >= 15 is 0 Å². The number of carbonyl (C=O) groups is 1. The van der Waals surface area contributed by atoms with Gasteiger partial charge in [-0.3, -0.25) is 4.79 Å². The number of piperazine rings is 1. The van der Waals surface area contributed by atoms with Gasteiger partial charge in [-0.25, -0.2) is 8.42 Å². The molecule has 0 spiro atoms. The molecule has 0 saturated carbocycles. The highest BCUT2D eigenvalue weighted by Gasteiger charge is 2.30. The number of amides is 1. The fourth-order valence-corrected chi connectivity index (χ4v) is 5.69. The van der Waals surface area contributed by atoms with Crippen molar-refractivity contribution in [1.82, 2.24) is 9.21 Å². The maximum Gasteiger partial charge on any atom is 0.264 e. The Bertz CT molecular complexity index is 1050. The summed E-state index contributed by atoms with van der Waals surface area (Å²) >= 11 is 1.48. The van der Waals surface area contributed by atoms with Gasteiger partial charge in [0.1, 0.15) is 0 Å². The number of hydrogen-bond acceptors (Lipinski definition) is 4. The fraction of sp³-hybridized carbons (Fsp3) is 0.250. The highest BCUT2D eigenvalue weighted by molar-refractivity contribution is 7.89. The van der Waals surface area contributed by atoms with Crippen molar-refractivity contribution in [2.24, 2.45) is 0 Å². The van der Waals surface area contributed by atoms with E-state index in [2.05, 4.69) is 0 Å². The first-order valence-electron chi connectivity index (χ1n) is 8.80. The number of hydrogen-bond donors (Lipinski definition) is 0. The number of aryl methyl sites for hydroxylation is 1. The van der Waals surface area contributed by atoms with Gasteiger partial charge in [0.15, 0.2) is 0 Å². The highest BCUT2D eigenvalue weighted by Crippen LogP contribution is 2.27. The molecular weight excluding hydrogens is 380 g/mol. The van der Waals surface area contributed by atoms with Gasteiger partial charge in [0, 0.05) is 30.9 Å². The lowest BCUT2D eigenvalue weighted by atomic mass is 10.2. The maximum absolute atomic E-state index is 12.8. The molecule has 0 bridgehead atoms. The quantitative estimate of drug-likeness (QED) is 0.677. The molecule has 0 atom stereocenters. The van der Waals surface area contributed by atoms with Crippen LogP contribution in [0.3, 0.4) is 0 Å². The van der Waals surface area contributed by atoms with Gasteiger partial charge in [0.25, 0.3) is 5.91 Å². The summed E-state index contributed by atoms with van der Waals surface area (Å²) in [5.41, 5.74) is 1.02. The topological polar surface area (TPSA) is 57.7 Å². The Kier molecular flexibility index (Phi) is 4.75.